The monoisotopic (exact) mass is 255 g/mol. The summed E-state index contributed by atoms with van der Waals surface area (Å²) in [4.78, 5) is 9.91. The fourth-order valence-electron chi connectivity index (χ4n) is 1.16. The molecule has 0 N–H and O–H groups in total. The van der Waals surface area contributed by atoms with E-state index in [1.54, 1.807) is 19.9 Å². The fourth-order valence-corrected chi connectivity index (χ4v) is 2.49. The lowest BCUT2D eigenvalue weighted by molar-refractivity contribution is -0.385. The van der Waals surface area contributed by atoms with Crippen molar-refractivity contribution in [1.29, 1.82) is 0 Å². The van der Waals surface area contributed by atoms with Gasteiger partial charge in [-0.2, -0.15) is 0 Å². The molecule has 5 nitrogen and oxygen atoms in total. The molecule has 0 radical (unpaired) electrons. The number of hydrogen-bond donors (Lipinski definition) is 0. The fraction of sp³-hybridized carbons (Fsp3) is 0.273. The molecule has 0 saturated carbocycles. The zero-order chi connectivity index (χ0) is 13.1. The van der Waals surface area contributed by atoms with E-state index in [2.05, 4.69) is 0 Å². The van der Waals surface area contributed by atoms with E-state index in [4.69, 9.17) is 0 Å². The maximum absolute atomic E-state index is 11.8. The van der Waals surface area contributed by atoms with Crippen LogP contribution in [0.15, 0.2) is 40.8 Å². The maximum Gasteiger partial charge on any atom is 0.270 e. The lowest BCUT2D eigenvalue weighted by Gasteiger charge is -2.01. The second-order valence-corrected chi connectivity index (χ2v) is 5.85. The summed E-state index contributed by atoms with van der Waals surface area (Å²) in [6.07, 6.45) is 1.58. The van der Waals surface area contributed by atoms with Gasteiger partial charge in [-0.05, 0) is 19.9 Å². The van der Waals surface area contributed by atoms with E-state index < -0.39 is 14.8 Å². The Bertz CT molecular complexity index is 557. The zero-order valence-corrected chi connectivity index (χ0v) is 10.4. The number of nitro groups is 1. The minimum absolute atomic E-state index is 0.0239. The van der Waals surface area contributed by atoms with Crippen molar-refractivity contribution < 1.29 is 13.3 Å². The SMILES string of the molecule is CC(C)=CCS(=O)(=O)c1cccc([N+](=O)[O-])c1. The summed E-state index contributed by atoms with van der Waals surface area (Å²) in [6.45, 7) is 3.59. The zero-order valence-electron chi connectivity index (χ0n) is 9.58. The summed E-state index contributed by atoms with van der Waals surface area (Å²) in [5, 5.41) is 10.5. The molecule has 92 valence electrons. The van der Waals surface area contributed by atoms with Crippen molar-refractivity contribution in [1.82, 2.24) is 0 Å². The second kappa shape index (κ2) is 5.09. The smallest absolute Gasteiger partial charge is 0.258 e. The molecule has 0 unspecified atom stereocenters. The molecule has 0 fully saturated rings. The van der Waals surface area contributed by atoms with Gasteiger partial charge in [0.25, 0.3) is 5.69 Å². The van der Waals surface area contributed by atoms with Crippen LogP contribution < -0.4 is 0 Å². The largest absolute Gasteiger partial charge is 0.270 e. The molecule has 6 heteroatoms. The van der Waals surface area contributed by atoms with Crippen molar-refractivity contribution in [2.75, 3.05) is 5.75 Å². The number of nitrogens with zero attached hydrogens (tertiary/aromatic N) is 1. The molecule has 1 rings (SSSR count). The Morgan fingerprint density at radius 3 is 2.59 bits per heavy atom. The molecule has 0 aromatic heterocycles. The first-order valence-corrected chi connectivity index (χ1v) is 6.59. The highest BCUT2D eigenvalue weighted by Crippen LogP contribution is 2.18. The standard InChI is InChI=1S/C11H13NO4S/c1-9(2)6-7-17(15,16)11-5-3-4-10(8-11)12(13)14/h3-6,8H,7H2,1-2H3. The third-order valence-electron chi connectivity index (χ3n) is 2.10. The molecule has 1 aromatic rings. The van der Waals surface area contributed by atoms with Crippen LogP contribution in [0.5, 0.6) is 0 Å². The van der Waals surface area contributed by atoms with Crippen LogP contribution in [0, 0.1) is 10.1 Å². The van der Waals surface area contributed by atoms with E-state index in [1.807, 2.05) is 0 Å². The van der Waals surface area contributed by atoms with Gasteiger partial charge < -0.3 is 0 Å². The molecule has 17 heavy (non-hydrogen) atoms. The molecule has 1 aromatic carbocycles. The first-order valence-electron chi connectivity index (χ1n) is 4.93. The van der Waals surface area contributed by atoms with Crippen molar-refractivity contribution in [3.63, 3.8) is 0 Å². The van der Waals surface area contributed by atoms with Crippen molar-refractivity contribution in [3.8, 4) is 0 Å². The number of allylic oxidation sites excluding steroid dienone is 1. The molecule has 0 aliphatic rings. The second-order valence-electron chi connectivity index (χ2n) is 3.82. The number of hydrogen-bond acceptors (Lipinski definition) is 4. The summed E-state index contributed by atoms with van der Waals surface area (Å²) in [7, 11) is -3.49. The van der Waals surface area contributed by atoms with Crippen LogP contribution in [0.1, 0.15) is 13.8 Å². The molecule has 0 aliphatic carbocycles. The van der Waals surface area contributed by atoms with Gasteiger partial charge in [-0.25, -0.2) is 8.42 Å². The first kappa shape index (κ1) is 13.4. The van der Waals surface area contributed by atoms with Gasteiger partial charge in [0.1, 0.15) is 0 Å². The van der Waals surface area contributed by atoms with Crippen molar-refractivity contribution >= 4 is 15.5 Å². The topological polar surface area (TPSA) is 77.3 Å². The van der Waals surface area contributed by atoms with E-state index in [0.29, 0.717) is 0 Å². The maximum atomic E-state index is 11.8. The van der Waals surface area contributed by atoms with Crippen LogP contribution in [-0.4, -0.2) is 19.1 Å². The van der Waals surface area contributed by atoms with E-state index in [1.165, 1.54) is 18.2 Å². The Labute approximate surface area is 99.8 Å². The van der Waals surface area contributed by atoms with Gasteiger partial charge >= 0.3 is 0 Å². The highest BCUT2D eigenvalue weighted by atomic mass is 32.2. The van der Waals surface area contributed by atoms with Crippen LogP contribution in [0.3, 0.4) is 0 Å². The average molecular weight is 255 g/mol. The van der Waals surface area contributed by atoms with Crippen LogP contribution in [0.2, 0.25) is 0 Å². The van der Waals surface area contributed by atoms with E-state index in [0.717, 1.165) is 11.6 Å². The lowest BCUT2D eigenvalue weighted by atomic mass is 10.3. The Hall–Kier alpha value is -1.69. The third-order valence-corrected chi connectivity index (χ3v) is 3.68. The highest BCUT2D eigenvalue weighted by Gasteiger charge is 2.16. The van der Waals surface area contributed by atoms with Gasteiger partial charge in [-0.3, -0.25) is 10.1 Å². The highest BCUT2D eigenvalue weighted by molar-refractivity contribution is 7.91. The molecule has 0 saturated heterocycles. The Morgan fingerprint density at radius 1 is 1.41 bits per heavy atom. The van der Waals surface area contributed by atoms with Gasteiger partial charge in [0, 0.05) is 12.1 Å². The van der Waals surface area contributed by atoms with E-state index in [9.17, 15) is 18.5 Å². The van der Waals surface area contributed by atoms with E-state index in [-0.39, 0.29) is 16.3 Å². The molecule has 0 spiro atoms. The summed E-state index contributed by atoms with van der Waals surface area (Å²) in [5.74, 6) is -0.142. The first-order chi connectivity index (χ1) is 7.83. The number of non-ortho nitro benzene ring substituents is 1. The molecule has 0 bridgehead atoms. The van der Waals surface area contributed by atoms with Crippen molar-refractivity contribution in [3.05, 3.63) is 46.0 Å². The summed E-state index contributed by atoms with van der Waals surface area (Å²) >= 11 is 0. The minimum Gasteiger partial charge on any atom is -0.258 e. The van der Waals surface area contributed by atoms with E-state index >= 15 is 0 Å². The third kappa shape index (κ3) is 3.67. The van der Waals surface area contributed by atoms with Crippen LogP contribution in [0.4, 0.5) is 5.69 Å². The van der Waals surface area contributed by atoms with Crippen molar-refractivity contribution in [2.24, 2.45) is 0 Å². The molecular formula is C11H13NO4S. The van der Waals surface area contributed by atoms with Gasteiger partial charge in [0.05, 0.1) is 15.6 Å². The Balaban J connectivity index is 3.11. The molecule has 0 atom stereocenters. The summed E-state index contributed by atoms with van der Waals surface area (Å²) in [5.41, 5.74) is 0.669. The number of sulfone groups is 1. The molecule has 0 aliphatic heterocycles. The summed E-state index contributed by atoms with van der Waals surface area (Å²) < 4.78 is 23.7. The number of nitro benzene ring substituents is 1. The summed E-state index contributed by atoms with van der Waals surface area (Å²) in [6, 6.07) is 5.07. The molecular weight excluding hydrogens is 242 g/mol. The minimum atomic E-state index is -3.49. The predicted octanol–water partition coefficient (Wildman–Crippen LogP) is 2.33. The Kier molecular flexibility index (Phi) is 4.01. The number of rotatable bonds is 4. The van der Waals surface area contributed by atoms with Crippen LogP contribution in [0.25, 0.3) is 0 Å². The number of benzene rings is 1. The van der Waals surface area contributed by atoms with Crippen LogP contribution >= 0.6 is 0 Å². The molecule has 0 amide bonds. The van der Waals surface area contributed by atoms with Gasteiger partial charge in [0.15, 0.2) is 9.84 Å². The van der Waals surface area contributed by atoms with Crippen molar-refractivity contribution in [2.45, 2.75) is 18.7 Å². The predicted molar refractivity (Wildman–Crippen MR) is 64.6 cm³/mol. The van der Waals surface area contributed by atoms with Gasteiger partial charge in [-0.15, -0.1) is 0 Å². The van der Waals surface area contributed by atoms with Gasteiger partial charge in [0.2, 0.25) is 0 Å². The normalized spacial score (nSPS) is 10.9. The Morgan fingerprint density at radius 2 is 2.06 bits per heavy atom. The lowest BCUT2D eigenvalue weighted by Crippen LogP contribution is -2.05. The van der Waals surface area contributed by atoms with Gasteiger partial charge in [-0.1, -0.05) is 17.7 Å². The average Bonchev–Trinajstić information content (AvgIpc) is 2.27. The van der Waals surface area contributed by atoms with Crippen LogP contribution in [-0.2, 0) is 9.84 Å². The molecule has 0 heterocycles. The quantitative estimate of drug-likeness (QED) is 0.470.